The number of rotatable bonds is 4. The van der Waals surface area contributed by atoms with Crippen LogP contribution in [0.25, 0.3) is 10.9 Å². The summed E-state index contributed by atoms with van der Waals surface area (Å²) < 4.78 is 0. The summed E-state index contributed by atoms with van der Waals surface area (Å²) in [5.74, 6) is -1.28. The number of aromatic amines is 1. The zero-order chi connectivity index (χ0) is 21.5. The van der Waals surface area contributed by atoms with Gasteiger partial charge in [0.2, 0.25) is 0 Å². The van der Waals surface area contributed by atoms with Crippen LogP contribution in [0.3, 0.4) is 0 Å². The molecule has 4 rings (SSSR count). The van der Waals surface area contributed by atoms with E-state index >= 15 is 0 Å². The molecule has 2 aromatic carbocycles. The van der Waals surface area contributed by atoms with Gasteiger partial charge in [0.15, 0.2) is 0 Å². The van der Waals surface area contributed by atoms with Gasteiger partial charge in [-0.25, -0.2) is 4.79 Å². The van der Waals surface area contributed by atoms with Crippen LogP contribution >= 0.6 is 23.2 Å². The number of hydrogen-bond acceptors (Lipinski definition) is 3. The van der Waals surface area contributed by atoms with E-state index in [1.807, 2.05) is 13.0 Å². The summed E-state index contributed by atoms with van der Waals surface area (Å²) in [6, 6.07) is 10.2. The van der Waals surface area contributed by atoms with E-state index in [-0.39, 0.29) is 11.5 Å². The molecule has 1 saturated heterocycles. The van der Waals surface area contributed by atoms with Crippen LogP contribution in [0.2, 0.25) is 10.0 Å². The lowest BCUT2D eigenvalue weighted by atomic mass is 9.82. The zero-order valence-corrected chi connectivity index (χ0v) is 17.8. The molecular formula is C22H21Cl2N3O3. The van der Waals surface area contributed by atoms with Gasteiger partial charge in [0.05, 0.1) is 21.1 Å². The largest absolute Gasteiger partial charge is 0.478 e. The van der Waals surface area contributed by atoms with Crippen molar-refractivity contribution in [1.82, 2.24) is 15.6 Å². The third-order valence-corrected chi connectivity index (χ3v) is 6.53. The molecule has 0 aliphatic carbocycles. The standard InChI is InChI=1S/C22H21Cl2N3O3/c1-12-17-16(7-6-15(23)18(17)24)26-19(12)20(28)27-22(8-3-9-25-11-22)14-5-2-4-13(10-14)21(29)30/h2,4-7,10,25-26H,3,8-9,11H2,1H3,(H,27,28)(H,29,30). The number of carbonyl (C=O) groups is 2. The van der Waals surface area contributed by atoms with Crippen molar-refractivity contribution in [1.29, 1.82) is 0 Å². The molecule has 0 radical (unpaired) electrons. The maximum atomic E-state index is 13.3. The summed E-state index contributed by atoms with van der Waals surface area (Å²) in [5, 5.41) is 17.4. The summed E-state index contributed by atoms with van der Waals surface area (Å²) in [6.45, 7) is 3.18. The highest BCUT2D eigenvalue weighted by molar-refractivity contribution is 6.45. The predicted molar refractivity (Wildman–Crippen MR) is 118 cm³/mol. The van der Waals surface area contributed by atoms with Gasteiger partial charge in [-0.05, 0) is 61.7 Å². The van der Waals surface area contributed by atoms with Crippen molar-refractivity contribution in [3.05, 3.63) is 68.8 Å². The van der Waals surface area contributed by atoms with E-state index in [2.05, 4.69) is 15.6 Å². The number of carbonyl (C=O) groups excluding carboxylic acids is 1. The van der Waals surface area contributed by atoms with Crippen LogP contribution < -0.4 is 10.6 Å². The number of aromatic nitrogens is 1. The zero-order valence-electron chi connectivity index (χ0n) is 16.3. The number of piperidine rings is 1. The summed E-state index contributed by atoms with van der Waals surface area (Å²) in [5.41, 5.74) is 2.09. The van der Waals surface area contributed by atoms with Gasteiger partial charge >= 0.3 is 5.97 Å². The van der Waals surface area contributed by atoms with Crippen LogP contribution in [-0.4, -0.2) is 35.1 Å². The number of carboxylic acid groups (broad SMARTS) is 1. The molecule has 1 atom stereocenters. The second-order valence-corrected chi connectivity index (χ2v) is 8.40. The molecule has 156 valence electrons. The molecule has 1 unspecified atom stereocenters. The monoisotopic (exact) mass is 445 g/mol. The van der Waals surface area contributed by atoms with Crippen molar-refractivity contribution >= 4 is 46.0 Å². The average molecular weight is 446 g/mol. The first-order chi connectivity index (χ1) is 14.3. The summed E-state index contributed by atoms with van der Waals surface area (Å²) >= 11 is 12.5. The molecule has 3 aromatic rings. The van der Waals surface area contributed by atoms with Gasteiger partial charge in [-0.15, -0.1) is 0 Å². The van der Waals surface area contributed by atoms with E-state index in [4.69, 9.17) is 23.2 Å². The minimum Gasteiger partial charge on any atom is -0.478 e. The van der Waals surface area contributed by atoms with Gasteiger partial charge in [-0.2, -0.15) is 0 Å². The van der Waals surface area contributed by atoms with E-state index in [0.29, 0.717) is 34.3 Å². The van der Waals surface area contributed by atoms with E-state index in [1.54, 1.807) is 30.3 Å². The highest BCUT2D eigenvalue weighted by Crippen LogP contribution is 2.35. The number of carboxylic acids is 1. The number of H-pyrrole nitrogens is 1. The van der Waals surface area contributed by atoms with Gasteiger partial charge in [0.1, 0.15) is 5.69 Å². The van der Waals surface area contributed by atoms with Crippen LogP contribution in [0.15, 0.2) is 36.4 Å². The second kappa shape index (κ2) is 7.95. The third-order valence-electron chi connectivity index (χ3n) is 5.73. The number of halogens is 2. The lowest BCUT2D eigenvalue weighted by Crippen LogP contribution is -2.55. The second-order valence-electron chi connectivity index (χ2n) is 7.61. The van der Waals surface area contributed by atoms with E-state index in [0.717, 1.165) is 29.4 Å². The van der Waals surface area contributed by atoms with Crippen molar-refractivity contribution < 1.29 is 14.7 Å². The van der Waals surface area contributed by atoms with Gasteiger partial charge in [0, 0.05) is 17.4 Å². The fraction of sp³-hybridized carbons (Fsp3) is 0.273. The fourth-order valence-corrected chi connectivity index (χ4v) is 4.63. The first-order valence-corrected chi connectivity index (χ1v) is 10.4. The molecule has 1 aromatic heterocycles. The first-order valence-electron chi connectivity index (χ1n) is 9.66. The van der Waals surface area contributed by atoms with Crippen molar-refractivity contribution in [2.75, 3.05) is 13.1 Å². The lowest BCUT2D eigenvalue weighted by Gasteiger charge is -2.39. The van der Waals surface area contributed by atoms with Gasteiger partial charge in [0.25, 0.3) is 5.91 Å². The van der Waals surface area contributed by atoms with Crippen LogP contribution in [0, 0.1) is 6.92 Å². The maximum absolute atomic E-state index is 13.3. The molecule has 1 aliphatic heterocycles. The number of aromatic carboxylic acids is 1. The molecule has 1 aliphatic rings. The Morgan fingerprint density at radius 3 is 2.70 bits per heavy atom. The quantitative estimate of drug-likeness (QED) is 0.475. The normalized spacial score (nSPS) is 19.0. The fourth-order valence-electron chi connectivity index (χ4n) is 4.16. The van der Waals surface area contributed by atoms with Crippen LogP contribution in [-0.2, 0) is 5.54 Å². The molecule has 0 saturated carbocycles. The molecule has 8 heteroatoms. The van der Waals surface area contributed by atoms with Crippen molar-refractivity contribution in [3.8, 4) is 0 Å². The Labute approximate surface area is 183 Å². The molecule has 4 N–H and O–H groups in total. The van der Waals surface area contributed by atoms with Crippen molar-refractivity contribution in [2.24, 2.45) is 0 Å². The number of aryl methyl sites for hydroxylation is 1. The number of fused-ring (bicyclic) bond motifs is 1. The third kappa shape index (κ3) is 3.55. The number of benzene rings is 2. The van der Waals surface area contributed by atoms with Gasteiger partial charge in [-0.1, -0.05) is 35.3 Å². The Kier molecular flexibility index (Phi) is 5.49. The number of hydrogen-bond donors (Lipinski definition) is 4. The van der Waals surface area contributed by atoms with E-state index in [1.165, 1.54) is 0 Å². The minimum atomic E-state index is -1.000. The average Bonchev–Trinajstić information content (AvgIpc) is 3.09. The minimum absolute atomic E-state index is 0.190. The summed E-state index contributed by atoms with van der Waals surface area (Å²) in [6.07, 6.45) is 1.55. The topological polar surface area (TPSA) is 94.2 Å². The van der Waals surface area contributed by atoms with Gasteiger partial charge in [-0.3, -0.25) is 4.79 Å². The lowest BCUT2D eigenvalue weighted by molar-refractivity contribution is 0.0696. The van der Waals surface area contributed by atoms with E-state index in [9.17, 15) is 14.7 Å². The SMILES string of the molecule is Cc1c(C(=O)NC2(c3cccc(C(=O)O)c3)CCCNC2)[nH]c2ccc(Cl)c(Cl)c12. The molecule has 30 heavy (non-hydrogen) atoms. The summed E-state index contributed by atoms with van der Waals surface area (Å²) in [7, 11) is 0. The highest BCUT2D eigenvalue weighted by atomic mass is 35.5. The summed E-state index contributed by atoms with van der Waals surface area (Å²) in [4.78, 5) is 27.9. The van der Waals surface area contributed by atoms with Crippen molar-refractivity contribution in [2.45, 2.75) is 25.3 Å². The predicted octanol–water partition coefficient (Wildman–Crippen LogP) is 4.49. The maximum Gasteiger partial charge on any atom is 0.335 e. The van der Waals surface area contributed by atoms with Crippen LogP contribution in [0.5, 0.6) is 0 Å². The highest BCUT2D eigenvalue weighted by Gasteiger charge is 2.37. The molecular weight excluding hydrogens is 425 g/mol. The molecule has 1 fully saturated rings. The number of nitrogens with one attached hydrogen (secondary N) is 3. The van der Waals surface area contributed by atoms with Crippen LogP contribution in [0.1, 0.15) is 44.8 Å². The molecule has 1 amide bonds. The Hall–Kier alpha value is -2.54. The molecule has 2 heterocycles. The molecule has 0 spiro atoms. The Balaban J connectivity index is 1.74. The smallest absolute Gasteiger partial charge is 0.335 e. The van der Waals surface area contributed by atoms with E-state index < -0.39 is 11.5 Å². The Morgan fingerprint density at radius 2 is 2.00 bits per heavy atom. The van der Waals surface area contributed by atoms with Crippen LogP contribution in [0.4, 0.5) is 0 Å². The molecule has 6 nitrogen and oxygen atoms in total. The Morgan fingerprint density at radius 1 is 1.20 bits per heavy atom. The number of amides is 1. The van der Waals surface area contributed by atoms with Crippen molar-refractivity contribution in [3.63, 3.8) is 0 Å². The molecule has 0 bridgehead atoms. The van der Waals surface area contributed by atoms with Gasteiger partial charge < -0.3 is 20.7 Å². The Bertz CT molecular complexity index is 1150. The first kappa shape index (κ1) is 20.7.